The van der Waals surface area contributed by atoms with Crippen LogP contribution in [0.2, 0.25) is 0 Å². The van der Waals surface area contributed by atoms with Crippen LogP contribution >= 0.6 is 0 Å². The number of nitrogens with two attached hydrogens (primary N) is 1. The van der Waals surface area contributed by atoms with Gasteiger partial charge in [-0.2, -0.15) is 0 Å². The lowest BCUT2D eigenvalue weighted by molar-refractivity contribution is 0.0998. The average Bonchev–Trinajstić information content (AvgIpc) is 2.92. The number of amides is 2. The van der Waals surface area contributed by atoms with Gasteiger partial charge in [-0.15, -0.1) is 0 Å². The van der Waals surface area contributed by atoms with E-state index in [1.807, 2.05) is 17.7 Å². The Morgan fingerprint density at radius 3 is 2.32 bits per heavy atom. The van der Waals surface area contributed by atoms with E-state index in [0.29, 0.717) is 22.7 Å². The van der Waals surface area contributed by atoms with Crippen molar-refractivity contribution in [2.24, 2.45) is 12.8 Å². The molecule has 0 radical (unpaired) electrons. The number of nitrogens with zero attached hydrogens (tertiary/aromatic N) is 2. The van der Waals surface area contributed by atoms with Crippen LogP contribution in [-0.2, 0) is 7.05 Å². The van der Waals surface area contributed by atoms with E-state index in [0.717, 1.165) is 16.9 Å². The Balaban J connectivity index is 1.85. The number of carbonyl (C=O) groups is 2. The Hall–Kier alpha value is -3.15. The Labute approximate surface area is 145 Å². The second-order valence-electron chi connectivity index (χ2n) is 6.28. The van der Waals surface area contributed by atoms with Gasteiger partial charge in [-0.25, -0.2) is 4.98 Å². The normalized spacial score (nSPS) is 11.0. The zero-order chi connectivity index (χ0) is 18.1. The zero-order valence-corrected chi connectivity index (χ0v) is 14.4. The Kier molecular flexibility index (Phi) is 4.27. The number of anilines is 1. The van der Waals surface area contributed by atoms with Crippen molar-refractivity contribution in [3.05, 3.63) is 59.4 Å². The highest BCUT2D eigenvalue weighted by molar-refractivity contribution is 6.06. The van der Waals surface area contributed by atoms with Gasteiger partial charge in [-0.3, -0.25) is 9.59 Å². The third kappa shape index (κ3) is 3.24. The number of aromatic nitrogens is 2. The Morgan fingerprint density at radius 2 is 1.72 bits per heavy atom. The number of imidazole rings is 1. The van der Waals surface area contributed by atoms with Gasteiger partial charge in [0.15, 0.2) is 0 Å². The van der Waals surface area contributed by atoms with Gasteiger partial charge in [0.25, 0.3) is 5.91 Å². The first-order valence-corrected chi connectivity index (χ1v) is 8.04. The highest BCUT2D eigenvalue weighted by Gasteiger charge is 2.13. The van der Waals surface area contributed by atoms with Crippen LogP contribution in [-0.4, -0.2) is 21.4 Å². The molecule has 6 heteroatoms. The fourth-order valence-electron chi connectivity index (χ4n) is 2.80. The fourth-order valence-corrected chi connectivity index (χ4v) is 2.80. The summed E-state index contributed by atoms with van der Waals surface area (Å²) >= 11 is 0. The van der Waals surface area contributed by atoms with Gasteiger partial charge >= 0.3 is 0 Å². The summed E-state index contributed by atoms with van der Waals surface area (Å²) in [5.74, 6) is 0.554. The molecule has 0 bridgehead atoms. The number of primary amides is 1. The van der Waals surface area contributed by atoms with Crippen molar-refractivity contribution in [3.63, 3.8) is 0 Å². The third-order valence-electron chi connectivity index (χ3n) is 4.12. The number of hydrogen-bond acceptors (Lipinski definition) is 3. The van der Waals surface area contributed by atoms with Crippen molar-refractivity contribution in [1.29, 1.82) is 0 Å². The first kappa shape index (κ1) is 16.7. The van der Waals surface area contributed by atoms with Crippen molar-refractivity contribution < 1.29 is 9.59 Å². The summed E-state index contributed by atoms with van der Waals surface area (Å²) in [4.78, 5) is 28.2. The molecule has 3 rings (SSSR count). The van der Waals surface area contributed by atoms with Crippen LogP contribution < -0.4 is 11.1 Å². The summed E-state index contributed by atoms with van der Waals surface area (Å²) < 4.78 is 2.05. The van der Waals surface area contributed by atoms with Crippen LogP contribution in [0.1, 0.15) is 46.3 Å². The van der Waals surface area contributed by atoms with Crippen molar-refractivity contribution in [2.45, 2.75) is 19.8 Å². The number of hydrogen-bond donors (Lipinski definition) is 2. The van der Waals surface area contributed by atoms with Crippen LogP contribution in [0.4, 0.5) is 5.69 Å². The van der Waals surface area contributed by atoms with Gasteiger partial charge in [-0.05, 0) is 42.5 Å². The largest absolute Gasteiger partial charge is 0.366 e. The van der Waals surface area contributed by atoms with Gasteiger partial charge in [0.1, 0.15) is 5.82 Å². The third-order valence-corrected chi connectivity index (χ3v) is 4.12. The van der Waals surface area contributed by atoms with E-state index in [-0.39, 0.29) is 5.91 Å². The van der Waals surface area contributed by atoms with Crippen LogP contribution in [0.15, 0.2) is 42.5 Å². The van der Waals surface area contributed by atoms with E-state index in [1.165, 1.54) is 0 Å². The number of aryl methyl sites for hydroxylation is 1. The van der Waals surface area contributed by atoms with E-state index in [1.54, 1.807) is 36.4 Å². The first-order chi connectivity index (χ1) is 11.9. The number of fused-ring (bicyclic) bond motifs is 1. The predicted molar refractivity (Wildman–Crippen MR) is 97.7 cm³/mol. The summed E-state index contributed by atoms with van der Waals surface area (Å²) in [6, 6.07) is 11.9. The molecule has 128 valence electrons. The second kappa shape index (κ2) is 6.39. The quantitative estimate of drug-likeness (QED) is 0.767. The molecule has 25 heavy (non-hydrogen) atoms. The lowest BCUT2D eigenvalue weighted by Crippen LogP contribution is -2.13. The smallest absolute Gasteiger partial charge is 0.255 e. The molecular formula is C19H20N4O2. The molecule has 3 N–H and O–H groups in total. The van der Waals surface area contributed by atoms with Crippen LogP contribution in [0.5, 0.6) is 0 Å². The molecule has 0 spiro atoms. The summed E-state index contributed by atoms with van der Waals surface area (Å²) in [6.07, 6.45) is 0. The average molecular weight is 336 g/mol. The van der Waals surface area contributed by atoms with E-state index in [2.05, 4.69) is 24.1 Å². The van der Waals surface area contributed by atoms with Crippen LogP contribution in [0.3, 0.4) is 0 Å². The molecule has 2 aromatic carbocycles. The van der Waals surface area contributed by atoms with Crippen LogP contribution in [0.25, 0.3) is 11.0 Å². The number of carbonyl (C=O) groups excluding carboxylic acids is 2. The summed E-state index contributed by atoms with van der Waals surface area (Å²) in [5, 5.41) is 2.81. The van der Waals surface area contributed by atoms with Crippen LogP contribution in [0, 0.1) is 0 Å². The molecule has 3 aromatic rings. The number of nitrogens with one attached hydrogen (secondary N) is 1. The fraction of sp³-hybridized carbons (Fsp3) is 0.211. The molecule has 0 atom stereocenters. The molecule has 0 unspecified atom stereocenters. The molecular weight excluding hydrogens is 316 g/mol. The van der Waals surface area contributed by atoms with Gasteiger partial charge in [-0.1, -0.05) is 13.8 Å². The molecule has 1 heterocycles. The maximum Gasteiger partial charge on any atom is 0.255 e. The van der Waals surface area contributed by atoms with Gasteiger partial charge in [0.05, 0.1) is 11.0 Å². The van der Waals surface area contributed by atoms with Crippen molar-refractivity contribution in [1.82, 2.24) is 9.55 Å². The molecule has 0 saturated carbocycles. The summed E-state index contributed by atoms with van der Waals surface area (Å²) in [6.45, 7) is 4.18. The number of rotatable bonds is 4. The Morgan fingerprint density at radius 1 is 1.08 bits per heavy atom. The standard InChI is InChI=1S/C19H20N4O2/c1-11(2)18-22-15-10-13(6-9-16(15)23(18)3)19(25)21-14-7-4-12(5-8-14)17(20)24/h4-11H,1-3H3,(H2,20,24)(H,21,25). The topological polar surface area (TPSA) is 90.0 Å². The van der Waals surface area contributed by atoms with E-state index >= 15 is 0 Å². The highest BCUT2D eigenvalue weighted by atomic mass is 16.2. The minimum atomic E-state index is -0.501. The highest BCUT2D eigenvalue weighted by Crippen LogP contribution is 2.22. The molecule has 6 nitrogen and oxygen atoms in total. The molecule has 2 amide bonds. The molecule has 0 aliphatic carbocycles. The minimum Gasteiger partial charge on any atom is -0.366 e. The summed E-state index contributed by atoms with van der Waals surface area (Å²) in [7, 11) is 1.98. The Bertz CT molecular complexity index is 955. The molecule has 0 aliphatic heterocycles. The van der Waals surface area contributed by atoms with Crippen molar-refractivity contribution >= 4 is 28.5 Å². The van der Waals surface area contributed by atoms with Gasteiger partial charge in [0.2, 0.25) is 5.91 Å². The monoisotopic (exact) mass is 336 g/mol. The summed E-state index contributed by atoms with van der Waals surface area (Å²) in [5.41, 5.74) is 8.52. The molecule has 0 aliphatic rings. The molecule has 0 fully saturated rings. The first-order valence-electron chi connectivity index (χ1n) is 8.04. The lowest BCUT2D eigenvalue weighted by Gasteiger charge is -2.06. The minimum absolute atomic E-state index is 0.231. The van der Waals surface area contributed by atoms with Gasteiger partial charge < -0.3 is 15.6 Å². The SMILES string of the molecule is CC(C)c1nc2cc(C(=O)Nc3ccc(C(N)=O)cc3)ccc2n1C. The van der Waals surface area contributed by atoms with Crippen molar-refractivity contribution in [2.75, 3.05) is 5.32 Å². The second-order valence-corrected chi connectivity index (χ2v) is 6.28. The molecule has 0 saturated heterocycles. The van der Waals surface area contributed by atoms with E-state index in [4.69, 9.17) is 5.73 Å². The van der Waals surface area contributed by atoms with E-state index in [9.17, 15) is 9.59 Å². The number of benzene rings is 2. The maximum atomic E-state index is 12.5. The maximum absolute atomic E-state index is 12.5. The molecule has 1 aromatic heterocycles. The van der Waals surface area contributed by atoms with E-state index < -0.39 is 5.91 Å². The lowest BCUT2D eigenvalue weighted by atomic mass is 10.1. The van der Waals surface area contributed by atoms with Crippen molar-refractivity contribution in [3.8, 4) is 0 Å². The zero-order valence-electron chi connectivity index (χ0n) is 14.4. The van der Waals surface area contributed by atoms with Gasteiger partial charge in [0, 0.05) is 29.8 Å². The predicted octanol–water partition coefficient (Wildman–Crippen LogP) is 3.05.